The minimum atomic E-state index is 0.329. The van der Waals surface area contributed by atoms with Crippen LogP contribution in [-0.4, -0.2) is 11.7 Å². The molecule has 0 amide bonds. The lowest BCUT2D eigenvalue weighted by Gasteiger charge is -2.26. The smallest absolute Gasteiger partial charge is 0.0462 e. The Kier molecular flexibility index (Phi) is 4.28. The van der Waals surface area contributed by atoms with Gasteiger partial charge < -0.3 is 5.11 Å². The minimum Gasteiger partial charge on any atom is -0.396 e. The van der Waals surface area contributed by atoms with Gasteiger partial charge in [0.25, 0.3) is 0 Å². The highest BCUT2D eigenvalue weighted by atomic mass is 79.9. The number of halogens is 1. The highest BCUT2D eigenvalue weighted by Gasteiger charge is 2.39. The Morgan fingerprint density at radius 3 is 2.68 bits per heavy atom. The van der Waals surface area contributed by atoms with Crippen LogP contribution in [0.4, 0.5) is 0 Å². The zero-order valence-corrected chi connectivity index (χ0v) is 13.0. The molecule has 0 radical (unpaired) electrons. The second-order valence-electron chi connectivity index (χ2n) is 6.51. The molecule has 4 atom stereocenters. The maximum Gasteiger partial charge on any atom is 0.0462 e. The summed E-state index contributed by atoms with van der Waals surface area (Å²) in [4.78, 5) is 0. The number of benzene rings is 1. The molecule has 2 heteroatoms. The lowest BCUT2D eigenvalue weighted by Crippen LogP contribution is -2.19. The van der Waals surface area contributed by atoms with Gasteiger partial charge in [0, 0.05) is 11.1 Å². The molecule has 104 valence electrons. The molecule has 2 saturated carbocycles. The Morgan fingerprint density at radius 1 is 1.21 bits per heavy atom. The van der Waals surface area contributed by atoms with Crippen LogP contribution in [0, 0.1) is 23.7 Å². The molecule has 2 fully saturated rings. The standard InChI is InChI=1S/C17H23BrO/c18-17-4-2-1-3-15(17)9-13(11-19)10-16-8-12-5-6-14(16)7-12/h1-4,12-14,16,19H,5-11H2. The molecule has 0 heterocycles. The Hall–Kier alpha value is -0.340. The van der Waals surface area contributed by atoms with Crippen molar-refractivity contribution in [3.8, 4) is 0 Å². The molecule has 0 spiro atoms. The van der Waals surface area contributed by atoms with Gasteiger partial charge in [-0.3, -0.25) is 0 Å². The van der Waals surface area contributed by atoms with Crippen molar-refractivity contribution in [1.82, 2.24) is 0 Å². The van der Waals surface area contributed by atoms with Crippen LogP contribution in [0.1, 0.15) is 37.7 Å². The molecule has 1 aromatic rings. The second-order valence-corrected chi connectivity index (χ2v) is 7.37. The van der Waals surface area contributed by atoms with E-state index in [2.05, 4.69) is 40.2 Å². The number of aliphatic hydroxyl groups excluding tert-OH is 1. The third-order valence-corrected chi connectivity index (χ3v) is 6.02. The van der Waals surface area contributed by atoms with Crippen LogP contribution in [0.5, 0.6) is 0 Å². The van der Waals surface area contributed by atoms with Crippen molar-refractivity contribution in [1.29, 1.82) is 0 Å². The monoisotopic (exact) mass is 322 g/mol. The SMILES string of the molecule is OCC(Cc1ccccc1Br)CC1CC2CCC1C2. The Labute approximate surface area is 124 Å². The fourth-order valence-corrected chi connectivity index (χ4v) is 4.74. The molecular weight excluding hydrogens is 300 g/mol. The summed E-state index contributed by atoms with van der Waals surface area (Å²) in [7, 11) is 0. The summed E-state index contributed by atoms with van der Waals surface area (Å²) < 4.78 is 1.18. The topological polar surface area (TPSA) is 20.2 Å². The number of rotatable bonds is 5. The maximum atomic E-state index is 9.69. The van der Waals surface area contributed by atoms with Gasteiger partial charge in [0.1, 0.15) is 0 Å². The number of hydrogen-bond donors (Lipinski definition) is 1. The van der Waals surface area contributed by atoms with Crippen LogP contribution < -0.4 is 0 Å². The van der Waals surface area contributed by atoms with E-state index in [-0.39, 0.29) is 0 Å². The molecule has 2 aliphatic rings. The first-order chi connectivity index (χ1) is 9.26. The summed E-state index contributed by atoms with van der Waals surface area (Å²) in [5.74, 6) is 3.30. The van der Waals surface area contributed by atoms with Crippen LogP contribution in [-0.2, 0) is 6.42 Å². The van der Waals surface area contributed by atoms with E-state index in [4.69, 9.17) is 0 Å². The average Bonchev–Trinajstić information content (AvgIpc) is 3.02. The molecule has 1 nitrogen and oxygen atoms in total. The molecule has 4 unspecified atom stereocenters. The van der Waals surface area contributed by atoms with E-state index in [1.165, 1.54) is 42.1 Å². The molecule has 0 aromatic heterocycles. The molecule has 1 N–H and O–H groups in total. The number of fused-ring (bicyclic) bond motifs is 2. The molecule has 2 bridgehead atoms. The number of aliphatic hydroxyl groups is 1. The van der Waals surface area contributed by atoms with Crippen molar-refractivity contribution < 1.29 is 5.11 Å². The Morgan fingerprint density at radius 2 is 2.05 bits per heavy atom. The zero-order valence-electron chi connectivity index (χ0n) is 11.4. The lowest BCUT2D eigenvalue weighted by molar-refractivity contribution is 0.178. The number of hydrogen-bond acceptors (Lipinski definition) is 1. The van der Waals surface area contributed by atoms with E-state index >= 15 is 0 Å². The van der Waals surface area contributed by atoms with Crippen molar-refractivity contribution in [3.05, 3.63) is 34.3 Å². The van der Waals surface area contributed by atoms with E-state index in [0.29, 0.717) is 12.5 Å². The quantitative estimate of drug-likeness (QED) is 0.850. The average molecular weight is 323 g/mol. The molecular formula is C17H23BrO. The van der Waals surface area contributed by atoms with Gasteiger partial charge >= 0.3 is 0 Å². The summed E-state index contributed by atoms with van der Waals surface area (Å²) in [6, 6.07) is 8.42. The third-order valence-electron chi connectivity index (χ3n) is 5.25. The van der Waals surface area contributed by atoms with Crippen molar-refractivity contribution in [2.45, 2.75) is 38.5 Å². The molecule has 0 saturated heterocycles. The first kappa shape index (κ1) is 13.6. The second kappa shape index (κ2) is 5.97. The van der Waals surface area contributed by atoms with Crippen LogP contribution >= 0.6 is 15.9 Å². The van der Waals surface area contributed by atoms with Gasteiger partial charge in [-0.2, -0.15) is 0 Å². The molecule has 19 heavy (non-hydrogen) atoms. The van der Waals surface area contributed by atoms with E-state index in [1.807, 2.05) is 0 Å². The van der Waals surface area contributed by atoms with Gasteiger partial charge in [-0.15, -0.1) is 0 Å². The van der Waals surface area contributed by atoms with E-state index < -0.39 is 0 Å². The highest BCUT2D eigenvalue weighted by molar-refractivity contribution is 9.10. The van der Waals surface area contributed by atoms with Crippen LogP contribution in [0.3, 0.4) is 0 Å². The van der Waals surface area contributed by atoms with Gasteiger partial charge in [-0.25, -0.2) is 0 Å². The van der Waals surface area contributed by atoms with E-state index in [9.17, 15) is 5.11 Å². The Balaban J connectivity index is 1.60. The van der Waals surface area contributed by atoms with Gasteiger partial charge in [-0.1, -0.05) is 40.5 Å². The summed E-state index contributed by atoms with van der Waals surface area (Å²) in [5, 5.41) is 9.69. The zero-order chi connectivity index (χ0) is 13.2. The molecule has 2 aliphatic carbocycles. The molecule has 0 aliphatic heterocycles. The van der Waals surface area contributed by atoms with Gasteiger partial charge in [0.05, 0.1) is 0 Å². The normalized spacial score (nSPS) is 30.7. The lowest BCUT2D eigenvalue weighted by atomic mass is 9.81. The van der Waals surface area contributed by atoms with Gasteiger partial charge in [0.2, 0.25) is 0 Å². The highest BCUT2D eigenvalue weighted by Crippen LogP contribution is 2.50. The third kappa shape index (κ3) is 3.05. The summed E-state index contributed by atoms with van der Waals surface area (Å²) in [6.45, 7) is 0.329. The first-order valence-corrected chi connectivity index (χ1v) is 8.39. The van der Waals surface area contributed by atoms with Crippen molar-refractivity contribution >= 4 is 15.9 Å². The van der Waals surface area contributed by atoms with Crippen LogP contribution in [0.15, 0.2) is 28.7 Å². The first-order valence-electron chi connectivity index (χ1n) is 7.60. The fourth-order valence-electron chi connectivity index (χ4n) is 4.29. The summed E-state index contributed by atoms with van der Waals surface area (Å²) >= 11 is 3.62. The molecule has 3 rings (SSSR count). The van der Waals surface area contributed by atoms with Crippen molar-refractivity contribution in [2.75, 3.05) is 6.61 Å². The minimum absolute atomic E-state index is 0.329. The fraction of sp³-hybridized carbons (Fsp3) is 0.647. The molecule has 1 aromatic carbocycles. The van der Waals surface area contributed by atoms with E-state index in [1.54, 1.807) is 0 Å². The summed E-state index contributed by atoms with van der Waals surface area (Å²) in [6.07, 6.45) is 8.04. The predicted molar refractivity (Wildman–Crippen MR) is 82.0 cm³/mol. The van der Waals surface area contributed by atoms with Gasteiger partial charge in [0.15, 0.2) is 0 Å². The Bertz CT molecular complexity index is 431. The van der Waals surface area contributed by atoms with E-state index in [0.717, 1.165) is 24.2 Å². The van der Waals surface area contributed by atoms with Crippen molar-refractivity contribution in [3.63, 3.8) is 0 Å². The van der Waals surface area contributed by atoms with Crippen molar-refractivity contribution in [2.24, 2.45) is 23.7 Å². The van der Waals surface area contributed by atoms with Crippen LogP contribution in [0.25, 0.3) is 0 Å². The predicted octanol–water partition coefficient (Wildman–Crippen LogP) is 4.43. The largest absolute Gasteiger partial charge is 0.396 e. The van der Waals surface area contributed by atoms with Gasteiger partial charge in [-0.05, 0) is 67.4 Å². The summed E-state index contributed by atoms with van der Waals surface area (Å²) in [5.41, 5.74) is 1.34. The van der Waals surface area contributed by atoms with Crippen LogP contribution in [0.2, 0.25) is 0 Å². The maximum absolute atomic E-state index is 9.69.